The molecule has 3 fully saturated rings. The minimum absolute atomic E-state index is 0.0944. The van der Waals surface area contributed by atoms with Crippen LogP contribution in [-0.4, -0.2) is 53.5 Å². The Balaban J connectivity index is 1.23. The van der Waals surface area contributed by atoms with Crippen LogP contribution >= 0.6 is 0 Å². The number of Topliss-reactive ketones (excluding diaryl/α,β-unsaturated/α-hetero) is 1. The summed E-state index contributed by atoms with van der Waals surface area (Å²) in [7, 11) is 0. The molecule has 0 bridgehead atoms. The third-order valence-corrected chi connectivity index (χ3v) is 8.01. The second-order valence-electron chi connectivity index (χ2n) is 10.1. The van der Waals surface area contributed by atoms with Crippen LogP contribution in [0.15, 0.2) is 29.8 Å². The van der Waals surface area contributed by atoms with E-state index in [2.05, 4.69) is 4.90 Å². The third kappa shape index (κ3) is 4.21. The van der Waals surface area contributed by atoms with Crippen molar-refractivity contribution in [2.75, 3.05) is 31.1 Å². The van der Waals surface area contributed by atoms with E-state index in [-0.39, 0.29) is 17.3 Å². The van der Waals surface area contributed by atoms with Gasteiger partial charge in [0.25, 0.3) is 5.91 Å². The van der Waals surface area contributed by atoms with Gasteiger partial charge in [0, 0.05) is 31.9 Å². The lowest BCUT2D eigenvalue weighted by Gasteiger charge is -2.42. The molecule has 2 aliphatic carbocycles. The molecule has 1 amide bonds. The maximum absolute atomic E-state index is 15.0. The van der Waals surface area contributed by atoms with Crippen molar-refractivity contribution in [3.8, 4) is 0 Å². The van der Waals surface area contributed by atoms with Gasteiger partial charge in [-0.2, -0.15) is 0 Å². The van der Waals surface area contributed by atoms with E-state index in [0.29, 0.717) is 50.3 Å². The molecule has 5 rings (SSSR count). The van der Waals surface area contributed by atoms with Crippen LogP contribution < -0.4 is 4.90 Å². The number of anilines is 1. The van der Waals surface area contributed by atoms with Crippen LogP contribution in [0.1, 0.15) is 68.1 Å². The number of piperidine rings is 1. The van der Waals surface area contributed by atoms with Crippen LogP contribution in [-0.2, 0) is 4.79 Å². The number of rotatable bonds is 4. The molecule has 0 spiro atoms. The lowest BCUT2D eigenvalue weighted by atomic mass is 9.75. The number of amides is 1. The Bertz CT molecular complexity index is 939. The van der Waals surface area contributed by atoms with Gasteiger partial charge in [-0.3, -0.25) is 9.59 Å². The van der Waals surface area contributed by atoms with E-state index in [1.54, 1.807) is 11.0 Å². The van der Waals surface area contributed by atoms with Crippen molar-refractivity contribution < 1.29 is 19.1 Å². The van der Waals surface area contributed by atoms with E-state index < -0.39 is 11.4 Å². The van der Waals surface area contributed by atoms with Crippen LogP contribution in [0.2, 0.25) is 0 Å². The molecule has 1 N–H and O–H groups in total. The lowest BCUT2D eigenvalue weighted by molar-refractivity contribution is -0.125. The zero-order valence-electron chi connectivity index (χ0n) is 18.7. The smallest absolute Gasteiger partial charge is 0.256 e. The molecule has 2 saturated carbocycles. The molecule has 0 radical (unpaired) electrons. The van der Waals surface area contributed by atoms with E-state index >= 15 is 4.39 Å². The summed E-state index contributed by atoms with van der Waals surface area (Å²) in [6.07, 6.45) is 10.2. The minimum Gasteiger partial charge on any atom is -0.382 e. The Morgan fingerprint density at radius 1 is 1.03 bits per heavy atom. The van der Waals surface area contributed by atoms with Gasteiger partial charge < -0.3 is 14.9 Å². The van der Waals surface area contributed by atoms with Gasteiger partial charge in [0.05, 0.1) is 5.56 Å². The standard InChI is InChI=1S/C26H33FN2O3/c27-23-16-21(29-15-9-18-4-1-2-5-20(18)17-29)7-8-22(23)25(31)28-13-3-6-19(10-14-28)24(30)26(32)11-12-26/h6-8,16,18,20,32H,1-5,9-15,17H2. The normalized spacial score (nSPS) is 27.2. The molecule has 5 nitrogen and oxygen atoms in total. The molecule has 2 heterocycles. The van der Waals surface area contributed by atoms with E-state index in [9.17, 15) is 14.7 Å². The van der Waals surface area contributed by atoms with Crippen LogP contribution in [0.4, 0.5) is 10.1 Å². The average Bonchev–Trinajstić information content (AvgIpc) is 3.60. The predicted octanol–water partition coefficient (Wildman–Crippen LogP) is 4.10. The molecule has 32 heavy (non-hydrogen) atoms. The molecule has 2 atom stereocenters. The number of hydrogen-bond acceptors (Lipinski definition) is 4. The predicted molar refractivity (Wildman–Crippen MR) is 121 cm³/mol. The van der Waals surface area contributed by atoms with Gasteiger partial charge in [-0.15, -0.1) is 0 Å². The number of fused-ring (bicyclic) bond motifs is 1. The SMILES string of the molecule is O=C(c1ccc(N2CCC3CCCCC3C2)cc1F)N1CCC=C(C(=O)C2(O)CC2)CC1. The summed E-state index contributed by atoms with van der Waals surface area (Å²) in [4.78, 5) is 29.4. The number of ketones is 1. The first kappa shape index (κ1) is 21.6. The molecule has 1 aromatic rings. The largest absolute Gasteiger partial charge is 0.382 e. The van der Waals surface area contributed by atoms with Crippen molar-refractivity contribution in [2.45, 2.75) is 63.4 Å². The second kappa shape index (κ2) is 8.62. The molecule has 1 aromatic carbocycles. The highest BCUT2D eigenvalue weighted by Gasteiger charge is 2.48. The summed E-state index contributed by atoms with van der Waals surface area (Å²) in [5.74, 6) is 0.521. The zero-order chi connectivity index (χ0) is 22.3. The van der Waals surface area contributed by atoms with Gasteiger partial charge >= 0.3 is 0 Å². The van der Waals surface area contributed by atoms with E-state index in [4.69, 9.17) is 0 Å². The number of hydrogen-bond donors (Lipinski definition) is 1. The molecular weight excluding hydrogens is 407 g/mol. The lowest BCUT2D eigenvalue weighted by Crippen LogP contribution is -2.41. The second-order valence-corrected chi connectivity index (χ2v) is 10.1. The van der Waals surface area contributed by atoms with Crippen molar-refractivity contribution in [3.63, 3.8) is 0 Å². The van der Waals surface area contributed by atoms with E-state index in [1.807, 2.05) is 12.1 Å². The van der Waals surface area contributed by atoms with Crippen LogP contribution in [0.3, 0.4) is 0 Å². The Hall–Kier alpha value is -2.21. The van der Waals surface area contributed by atoms with Crippen LogP contribution in [0, 0.1) is 17.7 Å². The number of carbonyl (C=O) groups excluding carboxylic acids is 2. The maximum atomic E-state index is 15.0. The van der Waals surface area contributed by atoms with Crippen molar-refractivity contribution in [3.05, 3.63) is 41.2 Å². The molecule has 2 aliphatic heterocycles. The number of halogens is 1. The molecule has 172 valence electrons. The fraction of sp³-hybridized carbons (Fsp3) is 0.615. The maximum Gasteiger partial charge on any atom is 0.256 e. The Morgan fingerprint density at radius 3 is 2.56 bits per heavy atom. The zero-order valence-corrected chi connectivity index (χ0v) is 18.7. The number of benzene rings is 1. The average molecular weight is 441 g/mol. The topological polar surface area (TPSA) is 60.9 Å². The van der Waals surface area contributed by atoms with Crippen molar-refractivity contribution in [1.82, 2.24) is 4.90 Å². The first-order chi connectivity index (χ1) is 15.4. The first-order valence-corrected chi connectivity index (χ1v) is 12.2. The summed E-state index contributed by atoms with van der Waals surface area (Å²) in [5, 5.41) is 10.1. The first-order valence-electron chi connectivity index (χ1n) is 12.2. The van der Waals surface area contributed by atoms with Crippen molar-refractivity contribution in [1.29, 1.82) is 0 Å². The van der Waals surface area contributed by atoms with E-state index in [1.165, 1.54) is 38.2 Å². The van der Waals surface area contributed by atoms with Crippen molar-refractivity contribution in [2.24, 2.45) is 11.8 Å². The fourth-order valence-electron chi connectivity index (χ4n) is 5.80. The summed E-state index contributed by atoms with van der Waals surface area (Å²) >= 11 is 0. The highest BCUT2D eigenvalue weighted by molar-refractivity contribution is 6.03. The number of nitrogens with zero attached hydrogens (tertiary/aromatic N) is 2. The van der Waals surface area contributed by atoms with Gasteiger partial charge in [-0.25, -0.2) is 4.39 Å². The van der Waals surface area contributed by atoms with Crippen LogP contribution in [0.25, 0.3) is 0 Å². The van der Waals surface area contributed by atoms with Gasteiger partial charge in [0.2, 0.25) is 0 Å². The molecule has 6 heteroatoms. The monoisotopic (exact) mass is 440 g/mol. The van der Waals surface area contributed by atoms with Gasteiger partial charge in [0.1, 0.15) is 11.4 Å². The third-order valence-electron chi connectivity index (χ3n) is 8.01. The Kier molecular flexibility index (Phi) is 5.82. The van der Waals surface area contributed by atoms with E-state index in [0.717, 1.165) is 24.7 Å². The summed E-state index contributed by atoms with van der Waals surface area (Å²) in [6, 6.07) is 5.02. The molecule has 1 saturated heterocycles. The Labute approximate surface area is 189 Å². The molecule has 4 aliphatic rings. The van der Waals surface area contributed by atoms with Gasteiger partial charge in [0.15, 0.2) is 5.78 Å². The fourth-order valence-corrected chi connectivity index (χ4v) is 5.80. The quantitative estimate of drug-likeness (QED) is 0.766. The Morgan fingerprint density at radius 2 is 1.81 bits per heavy atom. The van der Waals surface area contributed by atoms with Gasteiger partial charge in [-0.05, 0) is 74.1 Å². The highest BCUT2D eigenvalue weighted by Crippen LogP contribution is 2.39. The van der Waals surface area contributed by atoms with Crippen LogP contribution in [0.5, 0.6) is 0 Å². The number of aliphatic hydroxyl groups is 1. The summed E-state index contributed by atoms with van der Waals surface area (Å²) < 4.78 is 15.0. The van der Waals surface area contributed by atoms with Gasteiger partial charge in [-0.1, -0.05) is 25.3 Å². The highest BCUT2D eigenvalue weighted by atomic mass is 19.1. The summed E-state index contributed by atoms with van der Waals surface area (Å²) in [6.45, 7) is 2.75. The number of carbonyl (C=O) groups is 2. The van der Waals surface area contributed by atoms with Crippen molar-refractivity contribution >= 4 is 17.4 Å². The molecule has 2 unspecified atom stereocenters. The summed E-state index contributed by atoms with van der Waals surface area (Å²) in [5.41, 5.74) is 0.379. The molecular formula is C26H33FN2O3. The molecule has 0 aromatic heterocycles. The minimum atomic E-state index is -1.18.